The minimum Gasteiger partial charge on any atom is -0.309 e. The molecule has 6 nitrogen and oxygen atoms in total. The van der Waals surface area contributed by atoms with Gasteiger partial charge in [-0.15, -0.1) is 0 Å². The van der Waals surface area contributed by atoms with Crippen molar-refractivity contribution in [2.24, 2.45) is 4.40 Å². The number of allylic oxidation sites excluding steroid dienone is 6. The van der Waals surface area contributed by atoms with E-state index in [9.17, 15) is 24.7 Å². The second-order valence-corrected chi connectivity index (χ2v) is 21.1. The predicted molar refractivity (Wildman–Crippen MR) is 356 cm³/mol. The van der Waals surface area contributed by atoms with Gasteiger partial charge in [0.15, 0.2) is 0 Å². The zero-order valence-electron chi connectivity index (χ0n) is 46.7. The highest BCUT2D eigenvalue weighted by Crippen LogP contribution is 2.40. The van der Waals surface area contributed by atoms with Gasteiger partial charge in [-0.25, -0.2) is 13.2 Å². The lowest BCUT2D eigenvalue weighted by Crippen LogP contribution is -2.30. The first-order chi connectivity index (χ1) is 42.8. The average Bonchev–Trinajstić information content (AvgIpc) is 2.13. The van der Waals surface area contributed by atoms with Crippen LogP contribution in [0.5, 0.6) is 0 Å². The van der Waals surface area contributed by atoms with Crippen LogP contribution < -0.4 is 4.90 Å². The molecule has 0 bridgehead atoms. The monoisotopic (exact) mass is 1140 g/mol. The van der Waals surface area contributed by atoms with Crippen LogP contribution in [0, 0.1) is 39.7 Å². The normalized spacial score (nSPS) is 12.5. The molecular weight excluding hydrogens is 1090 g/mol. The highest BCUT2D eigenvalue weighted by Gasteiger charge is 2.28. The lowest BCUT2D eigenvalue weighted by Gasteiger charge is -2.31. The van der Waals surface area contributed by atoms with Crippen molar-refractivity contribution in [2.45, 2.75) is 0 Å². The van der Waals surface area contributed by atoms with Crippen molar-refractivity contribution in [3.8, 4) is 40.1 Å². The third-order valence-electron chi connectivity index (χ3n) is 15.9. The number of benzene rings is 11. The third-order valence-corrected chi connectivity index (χ3v) is 16.1. The van der Waals surface area contributed by atoms with E-state index in [2.05, 4.69) is 82.8 Å². The van der Waals surface area contributed by atoms with E-state index in [1.165, 1.54) is 24.3 Å². The van der Waals surface area contributed by atoms with Gasteiger partial charge in [-0.3, -0.25) is 5.41 Å². The maximum Gasteiger partial charge on any atom is 0.123 e. The molecule has 1 aliphatic rings. The SMILES string of the molecule is N#CC(=C(c1ccccc1)c1ccccc1)c1ccc(-c2ccc(N(C3=CC=C(c4ccc(-n5c6ccc(F)cc6c6cc(F)ccc65)cc4)C(=N)C3=NS)c3ccc(-c4ccc(C(C#N)=C(c5ccccc5)c5ccccc5)cc4)cc3)cc2)cc1. The maximum atomic E-state index is 14.6. The molecule has 0 radical (unpaired) electrons. The van der Waals surface area contributed by atoms with Crippen molar-refractivity contribution >= 4 is 85.3 Å². The van der Waals surface area contributed by atoms with Crippen LogP contribution in [0.4, 0.5) is 20.2 Å². The van der Waals surface area contributed by atoms with E-state index < -0.39 is 11.6 Å². The number of nitriles is 2. The second kappa shape index (κ2) is 24.0. The van der Waals surface area contributed by atoms with Gasteiger partial charge in [0.05, 0.1) is 33.6 Å². The van der Waals surface area contributed by atoms with E-state index >= 15 is 0 Å². The number of nitrogens with zero attached hydrogens (tertiary/aromatic N) is 5. The Kier molecular flexibility index (Phi) is 15.1. The van der Waals surface area contributed by atoms with E-state index in [0.717, 1.165) is 100 Å². The molecule has 12 aromatic rings. The van der Waals surface area contributed by atoms with Gasteiger partial charge in [-0.2, -0.15) is 10.5 Å². The summed E-state index contributed by atoms with van der Waals surface area (Å²) >= 11 is 4.54. The van der Waals surface area contributed by atoms with E-state index in [0.29, 0.717) is 38.9 Å². The van der Waals surface area contributed by atoms with Crippen molar-refractivity contribution in [3.63, 3.8) is 0 Å². The molecular formula is C78H50F2N6S. The number of rotatable bonds is 13. The maximum absolute atomic E-state index is 14.6. The van der Waals surface area contributed by atoms with E-state index in [1.807, 2.05) is 211 Å². The van der Waals surface area contributed by atoms with E-state index in [4.69, 9.17) is 0 Å². The fourth-order valence-corrected chi connectivity index (χ4v) is 11.9. The van der Waals surface area contributed by atoms with Crippen molar-refractivity contribution in [2.75, 3.05) is 4.90 Å². The highest BCUT2D eigenvalue weighted by atomic mass is 32.1. The molecule has 87 heavy (non-hydrogen) atoms. The van der Waals surface area contributed by atoms with Gasteiger partial charge in [0.25, 0.3) is 0 Å². The molecule has 412 valence electrons. The topological polar surface area (TPSA) is 92.0 Å². The third kappa shape index (κ3) is 10.7. The van der Waals surface area contributed by atoms with Crippen molar-refractivity contribution in [1.29, 1.82) is 15.9 Å². The molecule has 0 atom stereocenters. The number of fused-ring (bicyclic) bond motifs is 3. The first-order valence-corrected chi connectivity index (χ1v) is 28.6. The molecule has 0 spiro atoms. The fourth-order valence-electron chi connectivity index (χ4n) is 11.7. The van der Waals surface area contributed by atoms with Crippen LogP contribution in [0.25, 0.3) is 77.6 Å². The van der Waals surface area contributed by atoms with Crippen LogP contribution in [-0.2, 0) is 0 Å². The summed E-state index contributed by atoms with van der Waals surface area (Å²) in [6.07, 6.45) is 3.89. The number of aromatic nitrogens is 1. The Labute approximate surface area is 508 Å². The Hall–Kier alpha value is -11.5. The predicted octanol–water partition coefficient (Wildman–Crippen LogP) is 19.8. The van der Waals surface area contributed by atoms with Gasteiger partial charge in [0.2, 0.25) is 0 Å². The lowest BCUT2D eigenvalue weighted by atomic mass is 9.89. The molecule has 1 aromatic heterocycles. The van der Waals surface area contributed by atoms with Crippen molar-refractivity contribution in [1.82, 2.24) is 4.57 Å². The smallest absolute Gasteiger partial charge is 0.123 e. The summed E-state index contributed by atoms with van der Waals surface area (Å²) < 4.78 is 35.6. The van der Waals surface area contributed by atoms with Crippen LogP contribution in [0.1, 0.15) is 38.9 Å². The molecule has 0 saturated heterocycles. The number of anilines is 2. The summed E-state index contributed by atoms with van der Waals surface area (Å²) in [5, 5.41) is 32.4. The first-order valence-electron chi connectivity index (χ1n) is 28.2. The van der Waals surface area contributed by atoms with E-state index in [1.54, 1.807) is 12.1 Å². The van der Waals surface area contributed by atoms with Gasteiger partial charge >= 0.3 is 0 Å². The summed E-state index contributed by atoms with van der Waals surface area (Å²) in [5.74, 6) is -0.809. The zero-order valence-corrected chi connectivity index (χ0v) is 47.5. The Morgan fingerprint density at radius 1 is 0.414 bits per heavy atom. The Morgan fingerprint density at radius 2 is 0.770 bits per heavy atom. The molecule has 0 aliphatic heterocycles. The fraction of sp³-hybridized carbons (Fsp3) is 0. The molecule has 13 rings (SSSR count). The standard InChI is InChI=1S/C78H50F2N6S/c79-62-35-44-72-68(47-62)69-48-63(80)36-45-73(69)86(72)66-41-33-55(34-42-66)67-43-46-74(78(84-87)77(67)83)85(64-37-29-53(30-38-64)51-21-25-56(26-22-51)70(49-81)75(58-13-5-1-6-14-58)59-15-7-2-8-16-59)65-39-31-54(32-40-65)52-23-27-57(28-24-52)71(50-82)76(60-17-9-3-10-18-60)61-19-11-4-12-20-61/h1-48,83,87H. The lowest BCUT2D eigenvalue weighted by molar-refractivity contribution is 0.628. The molecule has 0 fully saturated rings. The number of halogens is 2. The second-order valence-electron chi connectivity index (χ2n) is 20.9. The summed E-state index contributed by atoms with van der Waals surface area (Å²) in [6, 6.07) is 94.6. The summed E-state index contributed by atoms with van der Waals surface area (Å²) in [7, 11) is 0. The molecule has 0 saturated carbocycles. The Bertz CT molecular complexity index is 4500. The van der Waals surface area contributed by atoms with Gasteiger partial charge in [-0.1, -0.05) is 206 Å². The van der Waals surface area contributed by atoms with Gasteiger partial charge in [0.1, 0.15) is 29.5 Å². The Morgan fingerprint density at radius 3 is 1.13 bits per heavy atom. The number of thiol groups is 1. The number of hydrogen-bond acceptors (Lipinski definition) is 6. The summed E-state index contributed by atoms with van der Waals surface area (Å²) in [6.45, 7) is 0. The van der Waals surface area contributed by atoms with Crippen molar-refractivity contribution in [3.05, 3.63) is 347 Å². The minimum absolute atomic E-state index is 0.165. The van der Waals surface area contributed by atoms with Crippen LogP contribution in [0.2, 0.25) is 0 Å². The zero-order chi connectivity index (χ0) is 59.4. The summed E-state index contributed by atoms with van der Waals surface area (Å²) in [5.41, 5.74) is 18.6. The van der Waals surface area contributed by atoms with Crippen molar-refractivity contribution < 1.29 is 8.78 Å². The first kappa shape index (κ1) is 54.7. The van der Waals surface area contributed by atoms with Crippen LogP contribution >= 0.6 is 12.8 Å². The molecule has 1 heterocycles. The molecule has 1 aliphatic carbocycles. The molecule has 0 unspecified atom stereocenters. The quantitative estimate of drug-likeness (QED) is 0.0521. The van der Waals surface area contributed by atoms with Crippen LogP contribution in [-0.4, -0.2) is 16.0 Å². The largest absolute Gasteiger partial charge is 0.309 e. The van der Waals surface area contributed by atoms with Crippen LogP contribution in [0.15, 0.2) is 301 Å². The molecule has 1 N–H and O–H groups in total. The molecule has 0 amide bonds. The van der Waals surface area contributed by atoms with E-state index in [-0.39, 0.29) is 5.71 Å². The minimum atomic E-state index is -0.404. The summed E-state index contributed by atoms with van der Waals surface area (Å²) in [4.78, 5) is 2.07. The number of nitrogens with one attached hydrogen (secondary N) is 1. The average molecular weight is 1140 g/mol. The molecule has 9 heteroatoms. The number of hydrogen-bond donors (Lipinski definition) is 2. The van der Waals surface area contributed by atoms with Gasteiger partial charge < -0.3 is 9.47 Å². The van der Waals surface area contributed by atoms with Gasteiger partial charge in [0, 0.05) is 44.6 Å². The van der Waals surface area contributed by atoms with Crippen LogP contribution in [0.3, 0.4) is 0 Å². The van der Waals surface area contributed by atoms with Gasteiger partial charge in [-0.05, 0) is 159 Å². The Balaban J connectivity index is 0.858. The highest BCUT2D eigenvalue weighted by molar-refractivity contribution is 7.79. The molecule has 11 aromatic carbocycles.